The topological polar surface area (TPSA) is 23.5 Å². The third-order valence-electron chi connectivity index (χ3n) is 3.90. The van der Waals surface area contributed by atoms with E-state index in [1.807, 2.05) is 6.92 Å². The highest BCUT2D eigenvalue weighted by Gasteiger charge is 2.26. The molecule has 2 heteroatoms. The highest BCUT2D eigenvalue weighted by atomic mass is 16.3. The molecule has 0 aromatic carbocycles. The van der Waals surface area contributed by atoms with E-state index in [4.69, 9.17) is 0 Å². The standard InChI is InChI=1S/C12H25NO/c1-9-5-7-12(8-6-9)13(4)10(2)11(3)14/h9-12,14H,5-8H2,1-4H3. The van der Waals surface area contributed by atoms with Gasteiger partial charge in [-0.1, -0.05) is 6.92 Å². The first-order chi connectivity index (χ1) is 6.52. The zero-order valence-electron chi connectivity index (χ0n) is 10.0. The number of hydrogen-bond acceptors (Lipinski definition) is 2. The van der Waals surface area contributed by atoms with Crippen molar-refractivity contribution in [2.75, 3.05) is 7.05 Å². The molecule has 1 rings (SSSR count). The Morgan fingerprint density at radius 2 is 1.64 bits per heavy atom. The van der Waals surface area contributed by atoms with Crippen molar-refractivity contribution in [2.45, 2.75) is 64.6 Å². The third kappa shape index (κ3) is 2.96. The van der Waals surface area contributed by atoms with Gasteiger partial charge in [0.2, 0.25) is 0 Å². The highest BCUT2D eigenvalue weighted by molar-refractivity contribution is 4.81. The molecule has 2 nitrogen and oxygen atoms in total. The lowest BCUT2D eigenvalue weighted by Crippen LogP contribution is -2.45. The predicted octanol–water partition coefficient (Wildman–Crippen LogP) is 2.27. The second-order valence-electron chi connectivity index (χ2n) is 5.06. The minimum atomic E-state index is -0.223. The van der Waals surface area contributed by atoms with E-state index in [0.29, 0.717) is 6.04 Å². The molecule has 0 radical (unpaired) electrons. The van der Waals surface area contributed by atoms with Gasteiger partial charge in [0.1, 0.15) is 0 Å². The molecule has 1 saturated carbocycles. The van der Waals surface area contributed by atoms with Crippen molar-refractivity contribution in [3.8, 4) is 0 Å². The van der Waals surface area contributed by atoms with Crippen LogP contribution >= 0.6 is 0 Å². The van der Waals surface area contributed by atoms with Gasteiger partial charge in [-0.15, -0.1) is 0 Å². The van der Waals surface area contributed by atoms with E-state index in [0.717, 1.165) is 5.92 Å². The van der Waals surface area contributed by atoms with Crippen LogP contribution in [0.15, 0.2) is 0 Å². The Morgan fingerprint density at radius 3 is 2.07 bits per heavy atom. The molecule has 1 aliphatic carbocycles. The normalized spacial score (nSPS) is 33.0. The molecule has 84 valence electrons. The van der Waals surface area contributed by atoms with E-state index in [1.54, 1.807) is 0 Å². The van der Waals surface area contributed by atoms with Crippen LogP contribution in [-0.2, 0) is 0 Å². The Bertz CT molecular complexity index is 162. The van der Waals surface area contributed by atoms with Crippen LogP contribution in [-0.4, -0.2) is 35.2 Å². The average Bonchev–Trinajstić information content (AvgIpc) is 2.16. The fourth-order valence-corrected chi connectivity index (χ4v) is 2.32. The first-order valence-corrected chi connectivity index (χ1v) is 5.92. The van der Waals surface area contributed by atoms with Gasteiger partial charge >= 0.3 is 0 Å². The van der Waals surface area contributed by atoms with Crippen LogP contribution in [0.25, 0.3) is 0 Å². The molecule has 0 spiro atoms. The Hall–Kier alpha value is -0.0800. The van der Waals surface area contributed by atoms with Crippen molar-refractivity contribution >= 4 is 0 Å². The van der Waals surface area contributed by atoms with Crippen LogP contribution < -0.4 is 0 Å². The molecule has 14 heavy (non-hydrogen) atoms. The number of aliphatic hydroxyl groups excluding tert-OH is 1. The van der Waals surface area contributed by atoms with Gasteiger partial charge in [-0.2, -0.15) is 0 Å². The molecule has 0 heterocycles. The minimum absolute atomic E-state index is 0.223. The number of rotatable bonds is 3. The molecule has 2 atom stereocenters. The number of nitrogens with zero attached hydrogens (tertiary/aromatic N) is 1. The van der Waals surface area contributed by atoms with E-state index in [1.165, 1.54) is 25.7 Å². The summed E-state index contributed by atoms with van der Waals surface area (Å²) >= 11 is 0. The van der Waals surface area contributed by atoms with Crippen LogP contribution in [0.1, 0.15) is 46.5 Å². The number of likely N-dealkylation sites (N-methyl/N-ethyl adjacent to an activating group) is 1. The van der Waals surface area contributed by atoms with Gasteiger partial charge in [-0.3, -0.25) is 4.90 Å². The van der Waals surface area contributed by atoms with Gasteiger partial charge in [0, 0.05) is 12.1 Å². The molecule has 0 saturated heterocycles. The zero-order chi connectivity index (χ0) is 10.7. The minimum Gasteiger partial charge on any atom is -0.392 e. The molecule has 0 aromatic rings. The van der Waals surface area contributed by atoms with Crippen LogP contribution in [0.5, 0.6) is 0 Å². The van der Waals surface area contributed by atoms with Gasteiger partial charge in [-0.25, -0.2) is 0 Å². The molecule has 1 N–H and O–H groups in total. The van der Waals surface area contributed by atoms with Gasteiger partial charge in [0.25, 0.3) is 0 Å². The second-order valence-corrected chi connectivity index (χ2v) is 5.06. The summed E-state index contributed by atoms with van der Waals surface area (Å²) in [7, 11) is 2.15. The maximum atomic E-state index is 9.53. The molecule has 0 aromatic heterocycles. The fourth-order valence-electron chi connectivity index (χ4n) is 2.32. The van der Waals surface area contributed by atoms with Crippen molar-refractivity contribution < 1.29 is 5.11 Å². The summed E-state index contributed by atoms with van der Waals surface area (Å²) < 4.78 is 0. The third-order valence-corrected chi connectivity index (χ3v) is 3.90. The van der Waals surface area contributed by atoms with Crippen molar-refractivity contribution in [1.82, 2.24) is 4.90 Å². The van der Waals surface area contributed by atoms with Crippen molar-refractivity contribution in [2.24, 2.45) is 5.92 Å². The summed E-state index contributed by atoms with van der Waals surface area (Å²) in [5.41, 5.74) is 0. The first kappa shape index (κ1) is 12.0. The summed E-state index contributed by atoms with van der Waals surface area (Å²) in [6.07, 6.45) is 5.08. The second kappa shape index (κ2) is 5.13. The Morgan fingerprint density at radius 1 is 1.14 bits per heavy atom. The van der Waals surface area contributed by atoms with Crippen LogP contribution in [0.3, 0.4) is 0 Å². The predicted molar refractivity (Wildman–Crippen MR) is 60.3 cm³/mol. The van der Waals surface area contributed by atoms with Crippen molar-refractivity contribution in [1.29, 1.82) is 0 Å². The van der Waals surface area contributed by atoms with Crippen LogP contribution in [0.4, 0.5) is 0 Å². The zero-order valence-corrected chi connectivity index (χ0v) is 10.0. The van der Waals surface area contributed by atoms with Gasteiger partial charge in [0.05, 0.1) is 6.10 Å². The van der Waals surface area contributed by atoms with Crippen molar-refractivity contribution in [3.63, 3.8) is 0 Å². The summed E-state index contributed by atoms with van der Waals surface area (Å²) in [5, 5.41) is 9.53. The Kier molecular flexibility index (Phi) is 4.39. The lowest BCUT2D eigenvalue weighted by Gasteiger charge is -2.38. The van der Waals surface area contributed by atoms with Gasteiger partial charge in [0.15, 0.2) is 0 Å². The molecular formula is C12H25NO. The maximum Gasteiger partial charge on any atom is 0.0664 e. The molecular weight excluding hydrogens is 174 g/mol. The summed E-state index contributed by atoms with van der Waals surface area (Å²) in [6.45, 7) is 6.34. The summed E-state index contributed by atoms with van der Waals surface area (Å²) in [4.78, 5) is 2.36. The van der Waals surface area contributed by atoms with E-state index in [9.17, 15) is 5.11 Å². The highest BCUT2D eigenvalue weighted by Crippen LogP contribution is 2.27. The first-order valence-electron chi connectivity index (χ1n) is 5.92. The molecule has 2 unspecified atom stereocenters. The molecule has 0 aliphatic heterocycles. The van der Waals surface area contributed by atoms with E-state index in [-0.39, 0.29) is 12.1 Å². The van der Waals surface area contributed by atoms with Gasteiger partial charge < -0.3 is 5.11 Å². The summed E-state index contributed by atoms with van der Waals surface area (Å²) in [5.74, 6) is 0.904. The van der Waals surface area contributed by atoms with Gasteiger partial charge in [-0.05, 0) is 52.5 Å². The van der Waals surface area contributed by atoms with E-state index < -0.39 is 0 Å². The molecule has 0 amide bonds. The monoisotopic (exact) mass is 199 g/mol. The molecule has 0 bridgehead atoms. The van der Waals surface area contributed by atoms with E-state index in [2.05, 4.69) is 25.8 Å². The lowest BCUT2D eigenvalue weighted by molar-refractivity contribution is 0.0454. The van der Waals surface area contributed by atoms with Crippen LogP contribution in [0.2, 0.25) is 0 Å². The van der Waals surface area contributed by atoms with Crippen LogP contribution in [0, 0.1) is 5.92 Å². The largest absolute Gasteiger partial charge is 0.392 e. The van der Waals surface area contributed by atoms with E-state index >= 15 is 0 Å². The Labute approximate surface area is 88.3 Å². The fraction of sp³-hybridized carbons (Fsp3) is 1.00. The number of aliphatic hydroxyl groups is 1. The lowest BCUT2D eigenvalue weighted by atomic mass is 9.86. The molecule has 1 aliphatic rings. The molecule has 1 fully saturated rings. The Balaban J connectivity index is 2.41. The maximum absolute atomic E-state index is 9.53. The summed E-state index contributed by atoms with van der Waals surface area (Å²) in [6, 6.07) is 0.976. The average molecular weight is 199 g/mol. The quantitative estimate of drug-likeness (QED) is 0.753. The van der Waals surface area contributed by atoms with Crippen molar-refractivity contribution in [3.05, 3.63) is 0 Å². The smallest absolute Gasteiger partial charge is 0.0664 e. The SMILES string of the molecule is CC1CCC(N(C)C(C)C(C)O)CC1. The number of hydrogen-bond donors (Lipinski definition) is 1.